The van der Waals surface area contributed by atoms with Crippen molar-refractivity contribution in [1.82, 2.24) is 18.8 Å². The lowest BCUT2D eigenvalue weighted by Gasteiger charge is -2.36. The maximum absolute atomic E-state index is 13.0. The van der Waals surface area contributed by atoms with Gasteiger partial charge in [-0.05, 0) is 82.5 Å². The standard InChI is InChI=1S/C26H42N4O3S/c31-26(25-11-7-18-30(22-25)34(32,33)29-16-5-2-6-17-29)27-14-8-15-28-19-12-24(13-20-28)21-23-9-3-1-4-10-23/h1,3-4,9-10,24-25H,2,5-8,11-22H2,(H,27,31). The zero-order valence-electron chi connectivity index (χ0n) is 20.5. The lowest BCUT2D eigenvalue weighted by atomic mass is 9.90. The molecule has 0 spiro atoms. The number of carbonyl (C=O) groups excluding carboxylic acids is 1. The first kappa shape index (κ1) is 25.6. The summed E-state index contributed by atoms with van der Waals surface area (Å²) in [4.78, 5) is 15.3. The van der Waals surface area contributed by atoms with Gasteiger partial charge in [0.25, 0.3) is 10.2 Å². The molecule has 8 heteroatoms. The van der Waals surface area contributed by atoms with Gasteiger partial charge in [0, 0.05) is 32.7 Å². The third-order valence-corrected chi connectivity index (χ3v) is 9.75. The highest BCUT2D eigenvalue weighted by molar-refractivity contribution is 7.86. The monoisotopic (exact) mass is 490 g/mol. The van der Waals surface area contributed by atoms with Crippen LogP contribution in [0.3, 0.4) is 0 Å². The lowest BCUT2D eigenvalue weighted by molar-refractivity contribution is -0.126. The highest BCUT2D eigenvalue weighted by atomic mass is 32.2. The minimum Gasteiger partial charge on any atom is -0.356 e. The second-order valence-corrected chi connectivity index (χ2v) is 12.2. The molecule has 0 aliphatic carbocycles. The molecule has 1 atom stereocenters. The highest BCUT2D eigenvalue weighted by Gasteiger charge is 2.36. The molecule has 0 saturated carbocycles. The molecule has 3 saturated heterocycles. The van der Waals surface area contributed by atoms with Crippen LogP contribution in [0.4, 0.5) is 0 Å². The van der Waals surface area contributed by atoms with Crippen molar-refractivity contribution in [2.45, 2.75) is 57.8 Å². The van der Waals surface area contributed by atoms with E-state index in [9.17, 15) is 13.2 Å². The molecule has 0 aromatic heterocycles. The number of likely N-dealkylation sites (tertiary alicyclic amines) is 1. The number of carbonyl (C=O) groups is 1. The molecule has 1 aromatic rings. The van der Waals surface area contributed by atoms with Gasteiger partial charge in [-0.15, -0.1) is 0 Å². The molecule has 1 N–H and O–H groups in total. The van der Waals surface area contributed by atoms with Crippen molar-refractivity contribution >= 4 is 16.1 Å². The molecular weight excluding hydrogens is 448 g/mol. The third kappa shape index (κ3) is 7.03. The molecule has 4 rings (SSSR count). The highest BCUT2D eigenvalue weighted by Crippen LogP contribution is 2.24. The van der Waals surface area contributed by atoms with Gasteiger partial charge in [-0.25, -0.2) is 0 Å². The Morgan fingerprint density at radius 3 is 2.32 bits per heavy atom. The maximum Gasteiger partial charge on any atom is 0.281 e. The number of amides is 1. The average molecular weight is 491 g/mol. The van der Waals surface area contributed by atoms with Gasteiger partial charge in [-0.3, -0.25) is 4.79 Å². The normalized spacial score (nSPS) is 24.2. The molecule has 7 nitrogen and oxygen atoms in total. The Hall–Kier alpha value is -1.48. The van der Waals surface area contributed by atoms with Crippen molar-refractivity contribution in [2.24, 2.45) is 11.8 Å². The van der Waals surface area contributed by atoms with Crippen LogP contribution in [-0.2, 0) is 21.4 Å². The molecule has 3 fully saturated rings. The van der Waals surface area contributed by atoms with Crippen molar-refractivity contribution in [2.75, 3.05) is 52.4 Å². The van der Waals surface area contributed by atoms with Crippen LogP contribution < -0.4 is 5.32 Å². The van der Waals surface area contributed by atoms with Crippen molar-refractivity contribution in [3.63, 3.8) is 0 Å². The van der Waals surface area contributed by atoms with E-state index in [2.05, 4.69) is 40.5 Å². The second kappa shape index (κ2) is 12.5. The van der Waals surface area contributed by atoms with Gasteiger partial charge in [0.05, 0.1) is 5.92 Å². The van der Waals surface area contributed by atoms with E-state index in [4.69, 9.17) is 0 Å². The molecule has 1 unspecified atom stereocenters. The fourth-order valence-electron chi connectivity index (χ4n) is 5.65. The van der Waals surface area contributed by atoms with Gasteiger partial charge in [-0.1, -0.05) is 36.8 Å². The van der Waals surface area contributed by atoms with Crippen LogP contribution in [0.5, 0.6) is 0 Å². The minimum atomic E-state index is -3.44. The Labute approximate surface area is 206 Å². The number of rotatable bonds is 9. The van der Waals surface area contributed by atoms with E-state index in [-0.39, 0.29) is 11.8 Å². The summed E-state index contributed by atoms with van der Waals surface area (Å²) < 4.78 is 29.1. The van der Waals surface area contributed by atoms with Gasteiger partial charge in [0.2, 0.25) is 5.91 Å². The summed E-state index contributed by atoms with van der Waals surface area (Å²) in [6.07, 6.45) is 9.09. The third-order valence-electron chi connectivity index (χ3n) is 7.75. The number of nitrogens with one attached hydrogen (secondary N) is 1. The first-order valence-electron chi connectivity index (χ1n) is 13.3. The molecule has 1 aromatic carbocycles. The Kier molecular flexibility index (Phi) is 9.39. The van der Waals surface area contributed by atoms with E-state index in [1.807, 2.05) is 0 Å². The quantitative estimate of drug-likeness (QED) is 0.540. The molecule has 0 bridgehead atoms. The SMILES string of the molecule is O=C(NCCCN1CCC(Cc2ccccc2)CC1)C1CCCN(S(=O)(=O)N2CCCCC2)C1. The van der Waals surface area contributed by atoms with Crippen LogP contribution in [0.15, 0.2) is 30.3 Å². The average Bonchev–Trinajstić information content (AvgIpc) is 2.88. The molecule has 3 heterocycles. The largest absolute Gasteiger partial charge is 0.356 e. The fourth-order valence-corrected chi connectivity index (χ4v) is 7.42. The Bertz CT molecular complexity index is 865. The van der Waals surface area contributed by atoms with Crippen LogP contribution in [0.2, 0.25) is 0 Å². The van der Waals surface area contributed by atoms with E-state index in [0.29, 0.717) is 32.7 Å². The number of hydrogen-bond acceptors (Lipinski definition) is 4. The van der Waals surface area contributed by atoms with Crippen LogP contribution in [-0.4, -0.2) is 80.2 Å². The van der Waals surface area contributed by atoms with Crippen LogP contribution >= 0.6 is 0 Å². The van der Waals surface area contributed by atoms with E-state index < -0.39 is 10.2 Å². The predicted molar refractivity (Wildman–Crippen MR) is 136 cm³/mol. The van der Waals surface area contributed by atoms with Gasteiger partial charge < -0.3 is 10.2 Å². The first-order chi connectivity index (χ1) is 16.5. The summed E-state index contributed by atoms with van der Waals surface area (Å²) >= 11 is 0. The van der Waals surface area contributed by atoms with Crippen molar-refractivity contribution < 1.29 is 13.2 Å². The fraction of sp³-hybridized carbons (Fsp3) is 0.731. The molecule has 190 valence electrons. The number of hydrogen-bond donors (Lipinski definition) is 1. The second-order valence-electron chi connectivity index (χ2n) is 10.3. The molecule has 3 aliphatic heterocycles. The zero-order chi connectivity index (χ0) is 23.8. The zero-order valence-corrected chi connectivity index (χ0v) is 21.4. The number of piperidine rings is 3. The van der Waals surface area contributed by atoms with Crippen molar-refractivity contribution in [3.05, 3.63) is 35.9 Å². The summed E-state index contributed by atoms with van der Waals surface area (Å²) in [6, 6.07) is 10.8. The molecule has 34 heavy (non-hydrogen) atoms. The minimum absolute atomic E-state index is 0.0140. The smallest absolute Gasteiger partial charge is 0.281 e. The predicted octanol–water partition coefficient (Wildman–Crippen LogP) is 2.89. The van der Waals surface area contributed by atoms with E-state index in [0.717, 1.165) is 64.1 Å². The lowest BCUT2D eigenvalue weighted by Crippen LogP contribution is -2.51. The summed E-state index contributed by atoms with van der Waals surface area (Å²) in [5.74, 6) is 0.552. The molecule has 1 amide bonds. The Balaban J connectivity index is 1.13. The van der Waals surface area contributed by atoms with Crippen LogP contribution in [0.1, 0.15) is 56.9 Å². The van der Waals surface area contributed by atoms with E-state index in [1.165, 1.54) is 24.8 Å². The van der Waals surface area contributed by atoms with Crippen molar-refractivity contribution in [1.29, 1.82) is 0 Å². The van der Waals surface area contributed by atoms with Gasteiger partial charge in [0.1, 0.15) is 0 Å². The maximum atomic E-state index is 13.0. The summed E-state index contributed by atoms with van der Waals surface area (Å²) in [5.41, 5.74) is 1.44. The summed E-state index contributed by atoms with van der Waals surface area (Å²) in [7, 11) is -3.44. The number of nitrogens with zero attached hydrogens (tertiary/aromatic N) is 3. The molecular formula is C26H42N4O3S. The van der Waals surface area contributed by atoms with E-state index >= 15 is 0 Å². The first-order valence-corrected chi connectivity index (χ1v) is 14.7. The topological polar surface area (TPSA) is 73.0 Å². The Morgan fingerprint density at radius 1 is 0.882 bits per heavy atom. The molecule has 3 aliphatic rings. The Morgan fingerprint density at radius 2 is 1.59 bits per heavy atom. The summed E-state index contributed by atoms with van der Waals surface area (Å²) in [5, 5.41) is 3.08. The van der Waals surface area contributed by atoms with E-state index in [1.54, 1.807) is 8.61 Å². The van der Waals surface area contributed by atoms with Crippen LogP contribution in [0, 0.1) is 11.8 Å². The molecule has 0 radical (unpaired) electrons. The van der Waals surface area contributed by atoms with Crippen LogP contribution in [0.25, 0.3) is 0 Å². The number of benzene rings is 1. The van der Waals surface area contributed by atoms with Gasteiger partial charge >= 0.3 is 0 Å². The van der Waals surface area contributed by atoms with Crippen molar-refractivity contribution in [3.8, 4) is 0 Å². The van der Waals surface area contributed by atoms with Gasteiger partial charge in [0.15, 0.2) is 0 Å². The summed E-state index contributed by atoms with van der Waals surface area (Å²) in [6.45, 7) is 6.02. The van der Waals surface area contributed by atoms with Gasteiger partial charge in [-0.2, -0.15) is 17.0 Å².